The third-order valence-electron chi connectivity index (χ3n) is 3.93. The Hall–Kier alpha value is -3.40. The van der Waals surface area contributed by atoms with Crippen LogP contribution in [0.4, 0.5) is 0 Å². The smallest absolute Gasteiger partial charge is 0.155 e. The number of hydrogen-bond acceptors (Lipinski definition) is 4. The molecule has 34 heavy (non-hydrogen) atoms. The summed E-state index contributed by atoms with van der Waals surface area (Å²) in [6.45, 7) is 3.14. The van der Waals surface area contributed by atoms with Crippen LogP contribution in [0.25, 0.3) is 22.5 Å². The van der Waals surface area contributed by atoms with Crippen molar-refractivity contribution >= 4 is 5.78 Å². The van der Waals surface area contributed by atoms with Crippen LogP contribution in [0.15, 0.2) is 109 Å². The normalized spacial score (nSPS) is 9.44. The first-order chi connectivity index (χ1) is 15.6. The first-order valence-corrected chi connectivity index (χ1v) is 9.97. The molecule has 0 spiro atoms. The van der Waals surface area contributed by atoms with E-state index in [1.54, 1.807) is 19.3 Å². The van der Waals surface area contributed by atoms with Gasteiger partial charge in [-0.15, -0.1) is 71.8 Å². The van der Waals surface area contributed by atoms with Crippen molar-refractivity contribution in [3.05, 3.63) is 136 Å². The summed E-state index contributed by atoms with van der Waals surface area (Å²) in [6, 6.07) is 33.6. The van der Waals surface area contributed by atoms with Gasteiger partial charge in [-0.1, -0.05) is 24.3 Å². The largest absolute Gasteiger partial charge is 0.668 e. The van der Waals surface area contributed by atoms with Gasteiger partial charge in [0.15, 0.2) is 5.78 Å². The van der Waals surface area contributed by atoms with Gasteiger partial charge in [-0.05, 0) is 37.4 Å². The van der Waals surface area contributed by atoms with Crippen molar-refractivity contribution < 1.29 is 29.6 Å². The molecule has 179 valence electrons. The van der Waals surface area contributed by atoms with Gasteiger partial charge in [-0.2, -0.15) is 7.11 Å². The fourth-order valence-electron chi connectivity index (χ4n) is 2.48. The Morgan fingerprint density at radius 3 is 1.50 bits per heavy atom. The molecule has 0 aliphatic carbocycles. The maximum absolute atomic E-state index is 10.2. The second-order valence-electron chi connectivity index (χ2n) is 6.49. The van der Waals surface area contributed by atoms with Crippen LogP contribution in [0.3, 0.4) is 0 Å². The Kier molecular flexibility index (Phi) is 16.3. The summed E-state index contributed by atoms with van der Waals surface area (Å²) in [4.78, 5) is 18.7. The molecular formula is C29H28IrN2O2-4. The van der Waals surface area contributed by atoms with Crippen molar-refractivity contribution in [1.82, 2.24) is 9.97 Å². The molecule has 1 radical (unpaired) electrons. The standard InChI is InChI=1S/2C11H8N.C6H9O2.CH3.Ir/c2*1-2-6-10(7-3-1)11-8-4-5-9-12-11;1-5(7)4-6(2)8-3;;/h2*1-6,8-9H;4H,3H2,1-2H3;1H3;/q4*-1;. The van der Waals surface area contributed by atoms with Crippen LogP contribution in [0.5, 0.6) is 0 Å². The van der Waals surface area contributed by atoms with E-state index in [1.165, 1.54) is 13.0 Å². The quantitative estimate of drug-likeness (QED) is 0.141. The number of carbonyl (C=O) groups is 1. The summed E-state index contributed by atoms with van der Waals surface area (Å²) in [5, 5.41) is 0. The van der Waals surface area contributed by atoms with Crippen LogP contribution in [0.1, 0.15) is 13.8 Å². The van der Waals surface area contributed by atoms with Crippen LogP contribution in [0.2, 0.25) is 0 Å². The summed E-state index contributed by atoms with van der Waals surface area (Å²) in [7, 11) is 3.12. The van der Waals surface area contributed by atoms with Crippen molar-refractivity contribution in [3.8, 4) is 22.5 Å². The molecule has 5 heteroatoms. The van der Waals surface area contributed by atoms with Gasteiger partial charge in [0.05, 0.1) is 5.76 Å². The summed E-state index contributed by atoms with van der Waals surface area (Å²) < 4.78 is 4.45. The van der Waals surface area contributed by atoms with Gasteiger partial charge in [0.1, 0.15) is 0 Å². The van der Waals surface area contributed by atoms with Gasteiger partial charge in [0.2, 0.25) is 0 Å². The van der Waals surface area contributed by atoms with Crippen LogP contribution < -0.4 is 0 Å². The zero-order chi connectivity index (χ0) is 23.0. The third kappa shape index (κ3) is 12.0. The number of hydrogen-bond donors (Lipinski definition) is 0. The third-order valence-corrected chi connectivity index (χ3v) is 3.93. The maximum Gasteiger partial charge on any atom is 0.155 e. The topological polar surface area (TPSA) is 52.1 Å². The van der Waals surface area contributed by atoms with E-state index < -0.39 is 0 Å². The first-order valence-electron chi connectivity index (χ1n) is 9.97. The molecule has 4 rings (SSSR count). The molecule has 0 aliphatic heterocycles. The van der Waals surface area contributed by atoms with E-state index in [0.29, 0.717) is 5.76 Å². The summed E-state index contributed by atoms with van der Waals surface area (Å²) in [5.74, 6) is 0.517. The number of carbonyl (C=O) groups excluding carboxylic acids is 1. The molecule has 2 heterocycles. The average Bonchev–Trinajstić information content (AvgIpc) is 2.86. The second kappa shape index (κ2) is 18.1. The van der Waals surface area contributed by atoms with Gasteiger partial charge >= 0.3 is 0 Å². The molecule has 0 amide bonds. The molecule has 2 aromatic carbocycles. The number of allylic oxidation sites excluding steroid dienone is 2. The Balaban J connectivity index is 0.000000479. The zero-order valence-corrected chi connectivity index (χ0v) is 22.0. The minimum atomic E-state index is -0.0221. The zero-order valence-electron chi connectivity index (χ0n) is 19.6. The number of nitrogens with zero attached hydrogens (tertiary/aromatic N) is 2. The van der Waals surface area contributed by atoms with Crippen LogP contribution >= 0.6 is 0 Å². The van der Waals surface area contributed by atoms with Crippen molar-refractivity contribution in [2.24, 2.45) is 0 Å². The molecule has 0 bridgehead atoms. The second-order valence-corrected chi connectivity index (χ2v) is 6.49. The summed E-state index contributed by atoms with van der Waals surface area (Å²) in [6.07, 6.45) is 4.96. The molecule has 2 aromatic heterocycles. The van der Waals surface area contributed by atoms with E-state index in [9.17, 15) is 4.79 Å². The van der Waals surface area contributed by atoms with Crippen LogP contribution in [0, 0.1) is 26.7 Å². The number of aromatic nitrogens is 2. The SMILES string of the molecule is [CH2-]OC(C)=CC(C)=O.[CH3-].[Ir].[c-]1ccccc1-c1ccccn1.[c-]1ccccc1-c1ccccn1. The molecule has 0 aliphatic rings. The van der Waals surface area contributed by atoms with E-state index in [4.69, 9.17) is 0 Å². The van der Waals surface area contributed by atoms with Crippen molar-refractivity contribution in [2.75, 3.05) is 0 Å². The Bertz CT molecular complexity index is 922. The van der Waals surface area contributed by atoms with E-state index in [1.807, 2.05) is 84.9 Å². The fourth-order valence-corrected chi connectivity index (χ4v) is 2.48. The van der Waals surface area contributed by atoms with Gasteiger partial charge in [-0.3, -0.25) is 4.79 Å². The minimum Gasteiger partial charge on any atom is -0.668 e. The number of benzene rings is 2. The molecule has 0 fully saturated rings. The molecule has 0 saturated heterocycles. The fraction of sp³-hybridized carbons (Fsp3) is 0.0690. The van der Waals surface area contributed by atoms with Crippen molar-refractivity contribution in [3.63, 3.8) is 0 Å². The number of ether oxygens (including phenoxy) is 1. The Morgan fingerprint density at radius 1 is 0.794 bits per heavy atom. The minimum absolute atomic E-state index is 0. The van der Waals surface area contributed by atoms with Crippen LogP contribution in [-0.2, 0) is 29.6 Å². The van der Waals surface area contributed by atoms with Crippen molar-refractivity contribution in [2.45, 2.75) is 13.8 Å². The molecule has 0 unspecified atom stereocenters. The van der Waals surface area contributed by atoms with Gasteiger partial charge in [0.25, 0.3) is 0 Å². The number of pyridine rings is 2. The predicted molar refractivity (Wildman–Crippen MR) is 134 cm³/mol. The predicted octanol–water partition coefficient (Wildman–Crippen LogP) is 6.83. The van der Waals surface area contributed by atoms with E-state index in [0.717, 1.165) is 22.5 Å². The Labute approximate surface area is 217 Å². The summed E-state index contributed by atoms with van der Waals surface area (Å²) >= 11 is 0. The van der Waals surface area contributed by atoms with E-state index in [2.05, 4.69) is 33.9 Å². The Morgan fingerprint density at radius 2 is 1.24 bits per heavy atom. The molecule has 4 nitrogen and oxygen atoms in total. The number of rotatable bonds is 4. The molecule has 0 atom stereocenters. The molecule has 4 aromatic rings. The van der Waals surface area contributed by atoms with Gasteiger partial charge < -0.3 is 22.1 Å². The number of ketones is 1. The van der Waals surface area contributed by atoms with E-state index in [-0.39, 0.29) is 33.3 Å². The van der Waals surface area contributed by atoms with Gasteiger partial charge in [-0.25, -0.2) is 0 Å². The molecule has 0 N–H and O–H groups in total. The molecule has 0 saturated carbocycles. The first kappa shape index (κ1) is 30.6. The molecular weight excluding hydrogens is 601 g/mol. The maximum atomic E-state index is 10.2. The van der Waals surface area contributed by atoms with E-state index >= 15 is 0 Å². The van der Waals surface area contributed by atoms with Gasteiger partial charge in [0, 0.05) is 38.6 Å². The average molecular weight is 629 g/mol. The summed E-state index contributed by atoms with van der Waals surface area (Å²) in [5.41, 5.74) is 4.02. The van der Waals surface area contributed by atoms with Crippen LogP contribution in [-0.4, -0.2) is 15.8 Å². The monoisotopic (exact) mass is 629 g/mol. The van der Waals surface area contributed by atoms with Crippen molar-refractivity contribution in [1.29, 1.82) is 0 Å².